The van der Waals surface area contributed by atoms with Crippen LogP contribution < -0.4 is 10.2 Å². The number of nitrogens with zero attached hydrogens (tertiary/aromatic N) is 2. The topological polar surface area (TPSA) is 69.7 Å². The van der Waals surface area contributed by atoms with Gasteiger partial charge in [0.05, 0.1) is 6.04 Å². The Morgan fingerprint density at radius 1 is 0.931 bits per heavy atom. The summed E-state index contributed by atoms with van der Waals surface area (Å²) in [6, 6.07) is 14.9. The van der Waals surface area contributed by atoms with Crippen LogP contribution in [0.1, 0.15) is 43.0 Å². The predicted octanol–water partition coefficient (Wildman–Crippen LogP) is 2.57. The number of rotatable bonds is 2. The van der Waals surface area contributed by atoms with Crippen molar-refractivity contribution in [1.29, 1.82) is 0 Å². The largest absolute Gasteiger partial charge is 0.347 e. The van der Waals surface area contributed by atoms with Crippen LogP contribution >= 0.6 is 0 Å². The van der Waals surface area contributed by atoms with E-state index in [9.17, 15) is 14.4 Å². The summed E-state index contributed by atoms with van der Waals surface area (Å²) >= 11 is 0. The minimum Gasteiger partial charge on any atom is -0.347 e. The van der Waals surface area contributed by atoms with Gasteiger partial charge in [-0.2, -0.15) is 0 Å². The van der Waals surface area contributed by atoms with E-state index in [-0.39, 0.29) is 23.8 Å². The number of anilines is 1. The molecular formula is C23H25N3O3. The van der Waals surface area contributed by atoms with E-state index >= 15 is 0 Å². The molecule has 2 aliphatic rings. The number of hydrogen-bond donors (Lipinski definition) is 1. The summed E-state index contributed by atoms with van der Waals surface area (Å²) < 4.78 is 0. The summed E-state index contributed by atoms with van der Waals surface area (Å²) in [6.07, 6.45) is 1.15. The molecule has 2 atom stereocenters. The minimum absolute atomic E-state index is 0.00568. The lowest BCUT2D eigenvalue weighted by molar-refractivity contribution is -0.140. The molecule has 0 bridgehead atoms. The number of fused-ring (bicyclic) bond motifs is 2. The molecule has 150 valence electrons. The third-order valence-corrected chi connectivity index (χ3v) is 5.90. The van der Waals surface area contributed by atoms with E-state index in [1.165, 1.54) is 6.92 Å². The maximum Gasteiger partial charge on any atom is 0.243 e. The number of hydrogen-bond acceptors (Lipinski definition) is 3. The van der Waals surface area contributed by atoms with Crippen molar-refractivity contribution in [1.82, 2.24) is 10.2 Å². The summed E-state index contributed by atoms with van der Waals surface area (Å²) in [5.41, 5.74) is 3.98. The highest BCUT2D eigenvalue weighted by Gasteiger charge is 2.35. The second-order valence-electron chi connectivity index (χ2n) is 7.71. The molecule has 1 N–H and O–H groups in total. The Bertz CT molecular complexity index is 971. The van der Waals surface area contributed by atoms with Gasteiger partial charge in [0.1, 0.15) is 6.04 Å². The summed E-state index contributed by atoms with van der Waals surface area (Å²) in [7, 11) is 0. The zero-order chi connectivity index (χ0) is 20.5. The van der Waals surface area contributed by atoms with Gasteiger partial charge in [0, 0.05) is 39.0 Å². The van der Waals surface area contributed by atoms with Crippen molar-refractivity contribution in [3.8, 4) is 0 Å². The molecule has 0 aliphatic carbocycles. The molecular weight excluding hydrogens is 366 g/mol. The van der Waals surface area contributed by atoms with Crippen LogP contribution in [-0.4, -0.2) is 35.2 Å². The number of para-hydroxylation sites is 1. The van der Waals surface area contributed by atoms with Crippen LogP contribution in [0.3, 0.4) is 0 Å². The molecule has 3 amide bonds. The molecule has 2 heterocycles. The minimum atomic E-state index is -0.527. The highest BCUT2D eigenvalue weighted by atomic mass is 16.2. The number of carbonyl (C=O) groups excluding carboxylic acids is 3. The molecule has 0 aromatic heterocycles. The molecule has 6 heteroatoms. The molecule has 2 aromatic carbocycles. The van der Waals surface area contributed by atoms with Crippen LogP contribution in [0.4, 0.5) is 5.69 Å². The van der Waals surface area contributed by atoms with Gasteiger partial charge in [0.15, 0.2) is 0 Å². The second kappa shape index (κ2) is 7.70. The van der Waals surface area contributed by atoms with Gasteiger partial charge in [0.2, 0.25) is 17.7 Å². The van der Waals surface area contributed by atoms with E-state index in [4.69, 9.17) is 0 Å². The first-order valence-electron chi connectivity index (χ1n) is 9.97. The van der Waals surface area contributed by atoms with Gasteiger partial charge in [-0.3, -0.25) is 14.4 Å². The lowest BCUT2D eigenvalue weighted by atomic mass is 9.92. The summed E-state index contributed by atoms with van der Waals surface area (Å²) in [5.74, 6) is -0.258. The Balaban J connectivity index is 1.58. The molecule has 0 spiro atoms. The Kier molecular flexibility index (Phi) is 5.09. The van der Waals surface area contributed by atoms with Crippen molar-refractivity contribution in [2.45, 2.75) is 45.3 Å². The van der Waals surface area contributed by atoms with Gasteiger partial charge in [-0.15, -0.1) is 0 Å². The van der Waals surface area contributed by atoms with E-state index in [1.54, 1.807) is 16.7 Å². The fourth-order valence-corrected chi connectivity index (χ4v) is 4.40. The van der Waals surface area contributed by atoms with Gasteiger partial charge < -0.3 is 15.1 Å². The molecule has 0 saturated carbocycles. The van der Waals surface area contributed by atoms with Crippen LogP contribution in [0.5, 0.6) is 0 Å². The highest BCUT2D eigenvalue weighted by molar-refractivity contribution is 5.93. The van der Waals surface area contributed by atoms with E-state index in [0.717, 1.165) is 22.4 Å². The average molecular weight is 391 g/mol. The highest BCUT2D eigenvalue weighted by Crippen LogP contribution is 2.34. The SMILES string of the molecule is CC(=O)N1CCC(NC(=O)C2Cc3ccccc3CN2C(C)=O)c2ccccc21. The molecule has 0 radical (unpaired) electrons. The van der Waals surface area contributed by atoms with Crippen LogP contribution in [0.2, 0.25) is 0 Å². The van der Waals surface area contributed by atoms with Gasteiger partial charge in [-0.1, -0.05) is 42.5 Å². The van der Waals surface area contributed by atoms with Gasteiger partial charge in [0.25, 0.3) is 0 Å². The second-order valence-corrected chi connectivity index (χ2v) is 7.71. The van der Waals surface area contributed by atoms with Crippen molar-refractivity contribution in [2.24, 2.45) is 0 Å². The zero-order valence-electron chi connectivity index (χ0n) is 16.7. The molecule has 6 nitrogen and oxygen atoms in total. The van der Waals surface area contributed by atoms with E-state index in [2.05, 4.69) is 5.32 Å². The predicted molar refractivity (Wildman–Crippen MR) is 110 cm³/mol. The Morgan fingerprint density at radius 2 is 1.62 bits per heavy atom. The summed E-state index contributed by atoms with van der Waals surface area (Å²) in [4.78, 5) is 40.8. The monoisotopic (exact) mass is 391 g/mol. The summed E-state index contributed by atoms with van der Waals surface area (Å²) in [5, 5.41) is 3.15. The van der Waals surface area contributed by atoms with Gasteiger partial charge in [-0.25, -0.2) is 0 Å². The Labute approximate surface area is 170 Å². The third kappa shape index (κ3) is 3.62. The van der Waals surface area contributed by atoms with Gasteiger partial charge in [-0.05, 0) is 29.2 Å². The maximum absolute atomic E-state index is 13.2. The number of carbonyl (C=O) groups is 3. The molecule has 4 rings (SSSR count). The van der Waals surface area contributed by atoms with E-state index in [1.807, 2.05) is 48.5 Å². The van der Waals surface area contributed by atoms with Crippen molar-refractivity contribution < 1.29 is 14.4 Å². The molecule has 29 heavy (non-hydrogen) atoms. The fraction of sp³-hybridized carbons (Fsp3) is 0.348. The zero-order valence-corrected chi connectivity index (χ0v) is 16.7. The summed E-state index contributed by atoms with van der Waals surface area (Å²) in [6.45, 7) is 4.07. The quantitative estimate of drug-likeness (QED) is 0.855. The fourth-order valence-electron chi connectivity index (χ4n) is 4.40. The number of benzene rings is 2. The van der Waals surface area contributed by atoms with Crippen molar-refractivity contribution in [3.63, 3.8) is 0 Å². The first-order chi connectivity index (χ1) is 14.0. The number of amides is 3. The van der Waals surface area contributed by atoms with E-state index in [0.29, 0.717) is 25.9 Å². The molecule has 0 fully saturated rings. The van der Waals surface area contributed by atoms with Crippen LogP contribution in [0.25, 0.3) is 0 Å². The molecule has 2 unspecified atom stereocenters. The van der Waals surface area contributed by atoms with Crippen molar-refractivity contribution >= 4 is 23.4 Å². The molecule has 2 aliphatic heterocycles. The Morgan fingerprint density at radius 3 is 2.34 bits per heavy atom. The van der Waals surface area contributed by atoms with Crippen molar-refractivity contribution in [2.75, 3.05) is 11.4 Å². The van der Waals surface area contributed by atoms with Crippen LogP contribution in [-0.2, 0) is 27.3 Å². The van der Waals surface area contributed by atoms with E-state index < -0.39 is 6.04 Å². The lowest BCUT2D eigenvalue weighted by Crippen LogP contribution is -2.53. The number of nitrogens with one attached hydrogen (secondary N) is 1. The average Bonchev–Trinajstić information content (AvgIpc) is 2.72. The standard InChI is InChI=1S/C23H25N3O3/c1-15(27)25-12-11-20(19-9-5-6-10-21(19)25)24-23(29)22-13-17-7-3-4-8-18(17)14-26(22)16(2)28/h3-10,20,22H,11-14H2,1-2H3,(H,24,29). The smallest absolute Gasteiger partial charge is 0.243 e. The normalized spacial score (nSPS) is 20.5. The van der Waals surface area contributed by atoms with Crippen molar-refractivity contribution in [3.05, 3.63) is 65.2 Å². The lowest BCUT2D eigenvalue weighted by Gasteiger charge is -2.38. The first-order valence-corrected chi connectivity index (χ1v) is 9.97. The Hall–Kier alpha value is -3.15. The van der Waals surface area contributed by atoms with Crippen LogP contribution in [0, 0.1) is 0 Å². The molecule has 0 saturated heterocycles. The molecule has 2 aromatic rings. The van der Waals surface area contributed by atoms with Crippen LogP contribution in [0.15, 0.2) is 48.5 Å². The first kappa shape index (κ1) is 19.2. The van der Waals surface area contributed by atoms with Gasteiger partial charge >= 0.3 is 0 Å². The maximum atomic E-state index is 13.2. The third-order valence-electron chi connectivity index (χ3n) is 5.90.